The van der Waals surface area contributed by atoms with Gasteiger partial charge in [-0.3, -0.25) is 0 Å². The van der Waals surface area contributed by atoms with Gasteiger partial charge in [-0.25, -0.2) is 17.9 Å². The van der Waals surface area contributed by atoms with Crippen molar-refractivity contribution < 1.29 is 23.4 Å². The summed E-state index contributed by atoms with van der Waals surface area (Å²) in [7, 11) is -3.81. The van der Waals surface area contributed by atoms with E-state index in [-0.39, 0.29) is 17.0 Å². The van der Waals surface area contributed by atoms with Crippen LogP contribution < -0.4 is 4.72 Å². The number of aliphatic hydroxyl groups is 1. The largest absolute Gasteiger partial charge is 0.478 e. The van der Waals surface area contributed by atoms with Gasteiger partial charge >= 0.3 is 5.97 Å². The predicted molar refractivity (Wildman–Crippen MR) is 69.6 cm³/mol. The molecule has 0 heterocycles. The Morgan fingerprint density at radius 3 is 2.53 bits per heavy atom. The lowest BCUT2D eigenvalue weighted by molar-refractivity contribution is 0.0695. The lowest BCUT2D eigenvalue weighted by Gasteiger charge is -2.10. The van der Waals surface area contributed by atoms with Crippen molar-refractivity contribution >= 4 is 16.0 Å². The Kier molecular flexibility index (Phi) is 5.04. The van der Waals surface area contributed by atoms with E-state index in [1.807, 2.05) is 0 Å². The molecule has 0 aliphatic heterocycles. The summed E-state index contributed by atoms with van der Waals surface area (Å²) in [5.74, 6) is -1.16. The van der Waals surface area contributed by atoms with Crippen LogP contribution in [-0.2, 0) is 16.4 Å². The van der Waals surface area contributed by atoms with Crippen LogP contribution in [0.4, 0.5) is 0 Å². The molecule has 1 aromatic rings. The highest BCUT2D eigenvalue weighted by Crippen LogP contribution is 2.17. The minimum Gasteiger partial charge on any atom is -0.478 e. The van der Waals surface area contributed by atoms with Crippen LogP contribution in [0.5, 0.6) is 0 Å². The number of aliphatic hydroxyl groups excluding tert-OH is 1. The summed E-state index contributed by atoms with van der Waals surface area (Å²) in [5, 5.41) is 18.1. The van der Waals surface area contributed by atoms with Gasteiger partial charge in [-0.1, -0.05) is 13.0 Å². The van der Waals surface area contributed by atoms with E-state index >= 15 is 0 Å². The molecule has 3 N–H and O–H groups in total. The molecule has 6 nitrogen and oxygen atoms in total. The van der Waals surface area contributed by atoms with Crippen LogP contribution >= 0.6 is 0 Å². The van der Waals surface area contributed by atoms with Crippen LogP contribution in [0, 0.1) is 0 Å². The number of carbonyl (C=O) groups is 1. The van der Waals surface area contributed by atoms with Gasteiger partial charge in [0.25, 0.3) is 0 Å². The van der Waals surface area contributed by atoms with E-state index in [1.165, 1.54) is 19.1 Å². The van der Waals surface area contributed by atoms with Crippen LogP contribution in [0.2, 0.25) is 0 Å². The van der Waals surface area contributed by atoms with E-state index in [4.69, 9.17) is 10.2 Å². The second-order valence-corrected chi connectivity index (χ2v) is 5.95. The Morgan fingerprint density at radius 1 is 1.42 bits per heavy atom. The van der Waals surface area contributed by atoms with Gasteiger partial charge in [-0.2, -0.15) is 0 Å². The third-order valence-electron chi connectivity index (χ3n) is 2.57. The van der Waals surface area contributed by atoms with E-state index in [9.17, 15) is 13.2 Å². The van der Waals surface area contributed by atoms with Crippen molar-refractivity contribution in [2.24, 2.45) is 0 Å². The fraction of sp³-hybridized carbons (Fsp3) is 0.417. The number of aromatic carboxylic acids is 1. The molecule has 1 atom stereocenters. The van der Waals surface area contributed by atoms with E-state index in [1.54, 1.807) is 6.92 Å². The molecule has 7 heteroatoms. The zero-order valence-corrected chi connectivity index (χ0v) is 11.6. The molecule has 19 heavy (non-hydrogen) atoms. The van der Waals surface area contributed by atoms with Crippen molar-refractivity contribution in [1.29, 1.82) is 0 Å². The first kappa shape index (κ1) is 15.6. The first-order valence-corrected chi connectivity index (χ1v) is 7.30. The number of benzene rings is 1. The Hall–Kier alpha value is -1.44. The highest BCUT2D eigenvalue weighted by Gasteiger charge is 2.18. The van der Waals surface area contributed by atoms with Crippen LogP contribution in [0.25, 0.3) is 0 Å². The molecular weight excluding hydrogens is 270 g/mol. The van der Waals surface area contributed by atoms with Crippen molar-refractivity contribution in [3.8, 4) is 0 Å². The van der Waals surface area contributed by atoms with Gasteiger partial charge in [-0.05, 0) is 31.0 Å². The Balaban J connectivity index is 3.14. The van der Waals surface area contributed by atoms with Gasteiger partial charge in [-0.15, -0.1) is 0 Å². The third kappa shape index (κ3) is 4.02. The zero-order chi connectivity index (χ0) is 14.6. The maximum absolute atomic E-state index is 11.9. The number of rotatable bonds is 6. The first-order chi connectivity index (χ1) is 8.77. The molecule has 0 saturated heterocycles. The summed E-state index contributed by atoms with van der Waals surface area (Å²) in [5.41, 5.74) is 0.546. The molecule has 0 fully saturated rings. The molecule has 0 bridgehead atoms. The van der Waals surface area contributed by atoms with Crippen molar-refractivity contribution in [1.82, 2.24) is 4.72 Å². The van der Waals surface area contributed by atoms with Gasteiger partial charge in [0.2, 0.25) is 10.0 Å². The van der Waals surface area contributed by atoms with E-state index in [2.05, 4.69) is 4.72 Å². The molecule has 0 spiro atoms. The Bertz CT molecular complexity index is 565. The number of aryl methyl sites for hydroxylation is 1. The van der Waals surface area contributed by atoms with Crippen molar-refractivity contribution in [3.63, 3.8) is 0 Å². The number of carboxylic acids is 1. The SMILES string of the molecule is CCc1ccc(S(=O)(=O)NCC(C)O)cc1C(=O)O. The molecule has 0 saturated carbocycles. The maximum Gasteiger partial charge on any atom is 0.336 e. The lowest BCUT2D eigenvalue weighted by Crippen LogP contribution is -2.30. The topological polar surface area (TPSA) is 104 Å². The zero-order valence-electron chi connectivity index (χ0n) is 10.8. The average Bonchev–Trinajstić information content (AvgIpc) is 2.35. The third-order valence-corrected chi connectivity index (χ3v) is 3.99. The van der Waals surface area contributed by atoms with Crippen molar-refractivity contribution in [2.75, 3.05) is 6.54 Å². The van der Waals surface area contributed by atoms with Gasteiger partial charge in [0.1, 0.15) is 0 Å². The van der Waals surface area contributed by atoms with Crippen LogP contribution in [0.15, 0.2) is 23.1 Å². The van der Waals surface area contributed by atoms with Crippen molar-refractivity contribution in [3.05, 3.63) is 29.3 Å². The van der Waals surface area contributed by atoms with E-state index < -0.39 is 22.1 Å². The monoisotopic (exact) mass is 287 g/mol. The Labute approximate surface area is 112 Å². The maximum atomic E-state index is 11.9. The molecule has 1 unspecified atom stereocenters. The summed E-state index contributed by atoms with van der Waals surface area (Å²) < 4.78 is 26.0. The van der Waals surface area contributed by atoms with Crippen LogP contribution in [0.3, 0.4) is 0 Å². The fourth-order valence-electron chi connectivity index (χ4n) is 1.54. The number of nitrogens with one attached hydrogen (secondary N) is 1. The molecule has 0 aliphatic rings. The normalized spacial score (nSPS) is 13.2. The second-order valence-electron chi connectivity index (χ2n) is 4.18. The second kappa shape index (κ2) is 6.14. The quantitative estimate of drug-likeness (QED) is 0.711. The number of carboxylic acid groups (broad SMARTS) is 1. The molecule has 0 aromatic heterocycles. The van der Waals surface area contributed by atoms with E-state index in [0.29, 0.717) is 12.0 Å². The summed E-state index contributed by atoms with van der Waals surface area (Å²) in [6, 6.07) is 3.97. The van der Waals surface area contributed by atoms with Gasteiger partial charge < -0.3 is 10.2 Å². The van der Waals surface area contributed by atoms with Crippen molar-refractivity contribution in [2.45, 2.75) is 31.3 Å². The minimum atomic E-state index is -3.81. The number of hydrogen-bond donors (Lipinski definition) is 3. The molecule has 1 rings (SSSR count). The van der Waals surface area contributed by atoms with Gasteiger partial charge in [0.15, 0.2) is 0 Å². The summed E-state index contributed by atoms with van der Waals surface area (Å²) >= 11 is 0. The minimum absolute atomic E-state index is 0.0255. The predicted octanol–water partition coefficient (Wildman–Crippen LogP) is 0.606. The standard InChI is InChI=1S/C12H17NO5S/c1-3-9-4-5-10(6-11(9)12(15)16)19(17,18)13-7-8(2)14/h4-6,8,13-14H,3,7H2,1-2H3,(H,15,16). The van der Waals surface area contributed by atoms with Crippen LogP contribution in [-0.4, -0.2) is 37.2 Å². The number of hydrogen-bond acceptors (Lipinski definition) is 4. The molecule has 0 aliphatic carbocycles. The highest BCUT2D eigenvalue weighted by molar-refractivity contribution is 7.89. The smallest absolute Gasteiger partial charge is 0.336 e. The fourth-order valence-corrected chi connectivity index (χ4v) is 2.69. The number of sulfonamides is 1. The Morgan fingerprint density at radius 2 is 2.05 bits per heavy atom. The van der Waals surface area contributed by atoms with Gasteiger partial charge in [0.05, 0.1) is 16.6 Å². The first-order valence-electron chi connectivity index (χ1n) is 5.82. The molecule has 106 valence electrons. The highest BCUT2D eigenvalue weighted by atomic mass is 32.2. The summed E-state index contributed by atoms with van der Waals surface area (Å²) in [4.78, 5) is 10.9. The van der Waals surface area contributed by atoms with Crippen LogP contribution in [0.1, 0.15) is 29.8 Å². The summed E-state index contributed by atoms with van der Waals surface area (Å²) in [6.07, 6.45) is -0.313. The summed E-state index contributed by atoms with van der Waals surface area (Å²) in [6.45, 7) is 3.12. The lowest BCUT2D eigenvalue weighted by atomic mass is 10.1. The van der Waals surface area contributed by atoms with Gasteiger partial charge in [0, 0.05) is 6.54 Å². The molecular formula is C12H17NO5S. The molecule has 0 amide bonds. The molecule has 1 aromatic carbocycles. The van der Waals surface area contributed by atoms with E-state index in [0.717, 1.165) is 6.07 Å². The average molecular weight is 287 g/mol. The molecule has 0 radical (unpaired) electrons.